The van der Waals surface area contributed by atoms with Gasteiger partial charge in [0.25, 0.3) is 0 Å². The van der Waals surface area contributed by atoms with E-state index in [2.05, 4.69) is 43.7 Å². The molecule has 0 aromatic carbocycles. The molecule has 0 bridgehead atoms. The van der Waals surface area contributed by atoms with Gasteiger partial charge >= 0.3 is 0 Å². The zero-order valence-electron chi connectivity index (χ0n) is 13.3. The molecule has 130 valence electrons. The van der Waals surface area contributed by atoms with Crippen LogP contribution < -0.4 is 0 Å². The quantitative estimate of drug-likeness (QED) is 0.208. The molecule has 0 saturated carbocycles. The molecule has 0 spiro atoms. The Labute approximate surface area is 151 Å². The topological polar surface area (TPSA) is 36.9 Å². The molecule has 22 heavy (non-hydrogen) atoms. The summed E-state index contributed by atoms with van der Waals surface area (Å²) in [7, 11) is 0. The van der Waals surface area contributed by atoms with Crippen LogP contribution in [0.5, 0.6) is 0 Å². The van der Waals surface area contributed by atoms with Crippen LogP contribution in [-0.2, 0) is 18.9 Å². The Morgan fingerprint density at radius 3 is 1.32 bits per heavy atom. The van der Waals surface area contributed by atoms with Crippen molar-refractivity contribution in [2.75, 3.05) is 63.5 Å². The molecule has 4 nitrogen and oxygen atoms in total. The monoisotopic (exact) mass is 442 g/mol. The third-order valence-corrected chi connectivity index (χ3v) is 3.68. The summed E-state index contributed by atoms with van der Waals surface area (Å²) in [5, 5.41) is 2.07. The number of unbranched alkanes of at least 4 members (excludes halogenated alkanes) is 2. The summed E-state index contributed by atoms with van der Waals surface area (Å²) in [4.78, 5) is 0. The highest BCUT2D eigenvalue weighted by molar-refractivity contribution is 9.09. The van der Waals surface area contributed by atoms with Crippen molar-refractivity contribution >= 4 is 31.9 Å². The fraction of sp³-hybridized carbons (Fsp3) is 0.875. The highest BCUT2D eigenvalue weighted by Crippen LogP contribution is 1.94. The molecule has 0 amide bonds. The maximum absolute atomic E-state index is 5.41. The van der Waals surface area contributed by atoms with E-state index in [-0.39, 0.29) is 0 Å². The summed E-state index contributed by atoms with van der Waals surface area (Å²) in [6, 6.07) is 0. The lowest BCUT2D eigenvalue weighted by molar-refractivity contribution is 0.0571. The summed E-state index contributed by atoms with van der Waals surface area (Å²) < 4.78 is 21.5. The smallest absolute Gasteiger partial charge is 0.107 e. The molecule has 0 aliphatic carbocycles. The minimum absolute atomic E-state index is 0.428. The van der Waals surface area contributed by atoms with E-state index in [9.17, 15) is 0 Å². The average Bonchev–Trinajstić information content (AvgIpc) is 2.54. The Morgan fingerprint density at radius 2 is 0.909 bits per heavy atom. The Kier molecular flexibility index (Phi) is 21.7. The third kappa shape index (κ3) is 20.4. The molecule has 0 N–H and O–H groups in total. The maximum atomic E-state index is 5.41. The summed E-state index contributed by atoms with van der Waals surface area (Å²) in [5.41, 5.74) is 0. The zero-order chi connectivity index (χ0) is 16.1. The maximum Gasteiger partial charge on any atom is 0.107 e. The fourth-order valence-electron chi connectivity index (χ4n) is 1.39. The van der Waals surface area contributed by atoms with Gasteiger partial charge in [0.1, 0.15) is 13.2 Å². The van der Waals surface area contributed by atoms with Crippen LogP contribution in [0.25, 0.3) is 0 Å². The van der Waals surface area contributed by atoms with Gasteiger partial charge in [0, 0.05) is 23.9 Å². The first-order valence-electron chi connectivity index (χ1n) is 7.80. The SMILES string of the molecule is BrCCCCOCCOCC#CCOCCOCCCCBr. The van der Waals surface area contributed by atoms with Crippen LogP contribution in [0.1, 0.15) is 25.7 Å². The van der Waals surface area contributed by atoms with Crippen molar-refractivity contribution in [2.24, 2.45) is 0 Å². The van der Waals surface area contributed by atoms with Crippen molar-refractivity contribution in [1.82, 2.24) is 0 Å². The molecule has 0 saturated heterocycles. The number of rotatable bonds is 16. The molecule has 0 fully saturated rings. The van der Waals surface area contributed by atoms with Crippen LogP contribution >= 0.6 is 31.9 Å². The zero-order valence-corrected chi connectivity index (χ0v) is 16.5. The number of hydrogen-bond acceptors (Lipinski definition) is 4. The van der Waals surface area contributed by atoms with E-state index < -0.39 is 0 Å². The van der Waals surface area contributed by atoms with Crippen molar-refractivity contribution in [2.45, 2.75) is 25.7 Å². The predicted octanol–water partition coefficient (Wildman–Crippen LogP) is 3.41. The molecule has 0 aliphatic heterocycles. The molecule has 0 rings (SSSR count). The molecule has 0 aliphatic rings. The first kappa shape index (κ1) is 22.4. The number of hydrogen-bond donors (Lipinski definition) is 0. The normalized spacial score (nSPS) is 10.5. The molecule has 6 heteroatoms. The van der Waals surface area contributed by atoms with Gasteiger partial charge in [-0.05, 0) is 25.7 Å². The van der Waals surface area contributed by atoms with Crippen LogP contribution in [0.15, 0.2) is 0 Å². The largest absolute Gasteiger partial charge is 0.379 e. The Morgan fingerprint density at radius 1 is 0.500 bits per heavy atom. The number of halogens is 2. The van der Waals surface area contributed by atoms with E-state index >= 15 is 0 Å². The van der Waals surface area contributed by atoms with Gasteiger partial charge in [-0.3, -0.25) is 0 Å². The van der Waals surface area contributed by atoms with Crippen LogP contribution in [-0.4, -0.2) is 63.5 Å². The average molecular weight is 444 g/mol. The second-order valence-electron chi connectivity index (χ2n) is 4.48. The number of alkyl halides is 2. The van der Waals surface area contributed by atoms with E-state index in [0.29, 0.717) is 39.6 Å². The molecular formula is C16H28Br2O4. The number of ether oxygens (including phenoxy) is 4. The third-order valence-electron chi connectivity index (χ3n) is 2.56. The van der Waals surface area contributed by atoms with Gasteiger partial charge in [-0.1, -0.05) is 43.7 Å². The van der Waals surface area contributed by atoms with E-state index in [1.54, 1.807) is 0 Å². The van der Waals surface area contributed by atoms with Crippen molar-refractivity contribution < 1.29 is 18.9 Å². The van der Waals surface area contributed by atoms with Crippen molar-refractivity contribution in [1.29, 1.82) is 0 Å². The molecule has 0 aromatic rings. The summed E-state index contributed by atoms with van der Waals surface area (Å²) in [6.07, 6.45) is 4.47. The molecule has 0 radical (unpaired) electrons. The van der Waals surface area contributed by atoms with Crippen molar-refractivity contribution in [3.05, 3.63) is 0 Å². The predicted molar refractivity (Wildman–Crippen MR) is 97.1 cm³/mol. The highest BCUT2D eigenvalue weighted by Gasteiger charge is 1.90. The van der Waals surface area contributed by atoms with Crippen molar-refractivity contribution in [3.8, 4) is 11.8 Å². The molecule has 0 unspecified atom stereocenters. The van der Waals surface area contributed by atoms with Crippen molar-refractivity contribution in [3.63, 3.8) is 0 Å². The molecule has 0 aromatic heterocycles. The second kappa shape index (κ2) is 21.4. The van der Waals surface area contributed by atoms with Crippen LogP contribution in [0.4, 0.5) is 0 Å². The summed E-state index contributed by atoms with van der Waals surface area (Å²) in [6.45, 7) is 4.89. The van der Waals surface area contributed by atoms with Gasteiger partial charge in [-0.25, -0.2) is 0 Å². The van der Waals surface area contributed by atoms with Gasteiger partial charge in [0.2, 0.25) is 0 Å². The van der Waals surface area contributed by atoms with Gasteiger partial charge in [0.15, 0.2) is 0 Å². The molecule has 0 heterocycles. The molecule has 0 atom stereocenters. The van der Waals surface area contributed by atoms with E-state index in [4.69, 9.17) is 18.9 Å². The van der Waals surface area contributed by atoms with E-state index in [1.807, 2.05) is 0 Å². The first-order valence-corrected chi connectivity index (χ1v) is 10.0. The van der Waals surface area contributed by atoms with Gasteiger partial charge in [-0.15, -0.1) is 0 Å². The minimum atomic E-state index is 0.428. The van der Waals surface area contributed by atoms with E-state index in [1.165, 1.54) is 0 Å². The fourth-order valence-corrected chi connectivity index (χ4v) is 2.18. The Bertz CT molecular complexity index is 243. The van der Waals surface area contributed by atoms with Gasteiger partial charge < -0.3 is 18.9 Å². The van der Waals surface area contributed by atoms with Crippen LogP contribution in [0.3, 0.4) is 0 Å². The Balaban J connectivity index is 3.07. The van der Waals surface area contributed by atoms with E-state index in [0.717, 1.165) is 49.6 Å². The lowest BCUT2D eigenvalue weighted by Gasteiger charge is -2.03. The van der Waals surface area contributed by atoms with Gasteiger partial charge in [0.05, 0.1) is 26.4 Å². The summed E-state index contributed by atoms with van der Waals surface area (Å²) >= 11 is 6.77. The molecular weight excluding hydrogens is 416 g/mol. The first-order chi connectivity index (χ1) is 10.9. The Hall–Kier alpha value is 0.360. The minimum Gasteiger partial charge on any atom is -0.379 e. The highest BCUT2D eigenvalue weighted by atomic mass is 79.9. The standard InChI is InChI=1S/C16H28Br2O4/c17-7-1-3-9-19-13-15-21-11-5-6-12-22-16-14-20-10-4-2-8-18/h1-4,7-16H2. The lowest BCUT2D eigenvalue weighted by Crippen LogP contribution is -2.06. The van der Waals surface area contributed by atoms with Crippen LogP contribution in [0.2, 0.25) is 0 Å². The van der Waals surface area contributed by atoms with Crippen LogP contribution in [0, 0.1) is 11.8 Å². The summed E-state index contributed by atoms with van der Waals surface area (Å²) in [5.74, 6) is 5.82. The van der Waals surface area contributed by atoms with Gasteiger partial charge in [-0.2, -0.15) is 0 Å². The second-order valence-corrected chi connectivity index (χ2v) is 6.06. The lowest BCUT2D eigenvalue weighted by atomic mass is 10.4.